The molecule has 14 heavy (non-hydrogen) atoms. The van der Waals surface area contributed by atoms with E-state index in [1.54, 1.807) is 0 Å². The molecule has 0 aliphatic rings. The molecule has 0 saturated heterocycles. The van der Waals surface area contributed by atoms with Crippen LogP contribution in [0.2, 0.25) is 10.0 Å². The van der Waals surface area contributed by atoms with Crippen molar-refractivity contribution in [3.8, 4) is 6.07 Å². The summed E-state index contributed by atoms with van der Waals surface area (Å²) in [4.78, 5) is 11.2. The average molecular weight is 248 g/mol. The molecular weight excluding hydrogens is 244 g/mol. The standard InChI is InChI=1S/C9H4Cl3NO/c10-3-9(14)6-1-5(4-13)7(11)2-8(6)12/h1-2H,3H2. The molecule has 0 aliphatic carbocycles. The number of hydrogen-bond acceptors (Lipinski definition) is 2. The molecule has 1 aromatic carbocycles. The second kappa shape index (κ2) is 4.65. The second-order valence-corrected chi connectivity index (χ2v) is 3.56. The molecule has 5 heteroatoms. The van der Waals surface area contributed by atoms with Crippen LogP contribution < -0.4 is 0 Å². The Morgan fingerprint density at radius 3 is 2.50 bits per heavy atom. The minimum Gasteiger partial charge on any atom is -0.293 e. The van der Waals surface area contributed by atoms with Gasteiger partial charge < -0.3 is 0 Å². The van der Waals surface area contributed by atoms with Crippen LogP contribution in [0.1, 0.15) is 15.9 Å². The van der Waals surface area contributed by atoms with Crippen molar-refractivity contribution in [1.82, 2.24) is 0 Å². The van der Waals surface area contributed by atoms with Crippen LogP contribution in [0.15, 0.2) is 12.1 Å². The maximum atomic E-state index is 11.2. The van der Waals surface area contributed by atoms with Crippen molar-refractivity contribution in [2.75, 3.05) is 5.88 Å². The Morgan fingerprint density at radius 2 is 2.00 bits per heavy atom. The van der Waals surface area contributed by atoms with Crippen molar-refractivity contribution in [2.24, 2.45) is 0 Å². The third-order valence-corrected chi connectivity index (χ3v) is 2.47. The van der Waals surface area contributed by atoms with Gasteiger partial charge in [-0.25, -0.2) is 0 Å². The van der Waals surface area contributed by atoms with E-state index in [0.717, 1.165) is 0 Å². The van der Waals surface area contributed by atoms with E-state index in [9.17, 15) is 4.79 Å². The van der Waals surface area contributed by atoms with E-state index in [1.807, 2.05) is 6.07 Å². The molecule has 0 saturated carbocycles. The lowest BCUT2D eigenvalue weighted by atomic mass is 10.1. The zero-order valence-corrected chi connectivity index (χ0v) is 9.12. The van der Waals surface area contributed by atoms with Gasteiger partial charge in [0.15, 0.2) is 5.78 Å². The lowest BCUT2D eigenvalue weighted by molar-refractivity contribution is 0.102. The van der Waals surface area contributed by atoms with Crippen LogP contribution in [0.25, 0.3) is 0 Å². The zero-order valence-electron chi connectivity index (χ0n) is 6.85. The highest BCUT2D eigenvalue weighted by molar-refractivity contribution is 6.39. The molecule has 0 aliphatic heterocycles. The number of carbonyl (C=O) groups excluding carboxylic acids is 1. The molecule has 0 N–H and O–H groups in total. The van der Waals surface area contributed by atoms with Gasteiger partial charge >= 0.3 is 0 Å². The SMILES string of the molecule is N#Cc1cc(C(=O)CCl)c(Cl)cc1Cl. The van der Waals surface area contributed by atoms with Crippen LogP contribution in [-0.4, -0.2) is 11.7 Å². The lowest BCUT2D eigenvalue weighted by Crippen LogP contribution is -2.02. The molecule has 0 radical (unpaired) electrons. The van der Waals surface area contributed by atoms with Crippen LogP contribution >= 0.6 is 34.8 Å². The average Bonchev–Trinajstić information content (AvgIpc) is 2.17. The number of nitrogens with zero attached hydrogens (tertiary/aromatic N) is 1. The molecule has 2 nitrogen and oxygen atoms in total. The molecule has 0 amide bonds. The van der Waals surface area contributed by atoms with Gasteiger partial charge in [-0.2, -0.15) is 5.26 Å². The summed E-state index contributed by atoms with van der Waals surface area (Å²) in [5, 5.41) is 9.10. The van der Waals surface area contributed by atoms with Crippen molar-refractivity contribution >= 4 is 40.6 Å². The Labute approximate surface area is 96.0 Å². The molecule has 72 valence electrons. The summed E-state index contributed by atoms with van der Waals surface area (Å²) in [7, 11) is 0. The number of halogens is 3. The Bertz CT molecular complexity index is 423. The maximum Gasteiger partial charge on any atom is 0.179 e. The second-order valence-electron chi connectivity index (χ2n) is 2.48. The third-order valence-electron chi connectivity index (χ3n) is 1.60. The van der Waals surface area contributed by atoms with E-state index in [4.69, 9.17) is 40.1 Å². The lowest BCUT2D eigenvalue weighted by Gasteiger charge is -2.02. The van der Waals surface area contributed by atoms with E-state index in [2.05, 4.69) is 0 Å². The summed E-state index contributed by atoms with van der Waals surface area (Å²) in [5.74, 6) is -0.503. The number of alkyl halides is 1. The molecule has 0 atom stereocenters. The summed E-state index contributed by atoms with van der Waals surface area (Å²) in [6.07, 6.45) is 0. The number of hydrogen-bond donors (Lipinski definition) is 0. The first-order chi connectivity index (χ1) is 6.60. The molecule has 1 aromatic rings. The first-order valence-electron chi connectivity index (χ1n) is 3.58. The number of benzene rings is 1. The van der Waals surface area contributed by atoms with Gasteiger partial charge in [0.05, 0.1) is 21.5 Å². The third kappa shape index (κ3) is 2.19. The summed E-state index contributed by atoms with van der Waals surface area (Å²) in [6, 6.07) is 4.56. The smallest absolute Gasteiger partial charge is 0.179 e. The molecule has 0 fully saturated rings. The van der Waals surface area contributed by atoms with Crippen molar-refractivity contribution in [3.05, 3.63) is 33.3 Å². The van der Waals surface area contributed by atoms with Gasteiger partial charge in [0.1, 0.15) is 6.07 Å². The molecule has 1 rings (SSSR count). The number of rotatable bonds is 2. The van der Waals surface area contributed by atoms with Crippen LogP contribution in [-0.2, 0) is 0 Å². The van der Waals surface area contributed by atoms with Crippen LogP contribution in [0.4, 0.5) is 0 Å². The van der Waals surface area contributed by atoms with Gasteiger partial charge in [-0.1, -0.05) is 23.2 Å². The number of Topliss-reactive ketones (excluding diaryl/α,β-unsaturated/α-hetero) is 1. The Morgan fingerprint density at radius 1 is 1.36 bits per heavy atom. The molecule has 0 spiro atoms. The monoisotopic (exact) mass is 247 g/mol. The summed E-state index contributed by atoms with van der Waals surface area (Å²) in [6.45, 7) is 0. The highest BCUT2D eigenvalue weighted by Gasteiger charge is 2.12. The van der Waals surface area contributed by atoms with Crippen LogP contribution in [0.3, 0.4) is 0 Å². The summed E-state index contributed by atoms with van der Waals surface area (Å²) >= 11 is 16.8. The van der Waals surface area contributed by atoms with Gasteiger partial charge in [-0.05, 0) is 12.1 Å². The van der Waals surface area contributed by atoms with Crippen molar-refractivity contribution in [2.45, 2.75) is 0 Å². The zero-order chi connectivity index (χ0) is 10.7. The predicted molar refractivity (Wildman–Crippen MR) is 56.2 cm³/mol. The topological polar surface area (TPSA) is 40.9 Å². The first-order valence-corrected chi connectivity index (χ1v) is 4.87. The quantitative estimate of drug-likeness (QED) is 0.595. The minimum absolute atomic E-state index is 0.174. The summed E-state index contributed by atoms with van der Waals surface area (Å²) < 4.78 is 0. The highest BCUT2D eigenvalue weighted by Crippen LogP contribution is 2.25. The van der Waals surface area contributed by atoms with Gasteiger partial charge in [-0.3, -0.25) is 4.79 Å². The Hall–Kier alpha value is -0.750. The van der Waals surface area contributed by atoms with E-state index in [0.29, 0.717) is 0 Å². The number of carbonyl (C=O) groups is 1. The number of nitriles is 1. The van der Waals surface area contributed by atoms with Gasteiger partial charge in [-0.15, -0.1) is 11.6 Å². The molecule has 0 bridgehead atoms. The summed E-state index contributed by atoms with van der Waals surface area (Å²) in [5.41, 5.74) is 0.437. The highest BCUT2D eigenvalue weighted by atomic mass is 35.5. The molecule has 0 aromatic heterocycles. The van der Waals surface area contributed by atoms with Gasteiger partial charge in [0.25, 0.3) is 0 Å². The minimum atomic E-state index is -0.329. The van der Waals surface area contributed by atoms with Gasteiger partial charge in [0.2, 0.25) is 0 Å². The fourth-order valence-corrected chi connectivity index (χ4v) is 1.60. The van der Waals surface area contributed by atoms with E-state index < -0.39 is 0 Å². The normalized spacial score (nSPS) is 9.57. The van der Waals surface area contributed by atoms with Crippen LogP contribution in [0, 0.1) is 11.3 Å². The van der Waals surface area contributed by atoms with Crippen LogP contribution in [0.5, 0.6) is 0 Å². The molecular formula is C9H4Cl3NO. The van der Waals surface area contributed by atoms with E-state index in [1.165, 1.54) is 12.1 Å². The van der Waals surface area contributed by atoms with Crippen molar-refractivity contribution in [3.63, 3.8) is 0 Å². The maximum absolute atomic E-state index is 11.2. The fraction of sp³-hybridized carbons (Fsp3) is 0.111. The largest absolute Gasteiger partial charge is 0.293 e. The van der Waals surface area contributed by atoms with Gasteiger partial charge in [0, 0.05) is 5.56 Å². The fourth-order valence-electron chi connectivity index (χ4n) is 0.920. The molecule has 0 unspecified atom stereocenters. The first kappa shape index (κ1) is 11.3. The van der Waals surface area contributed by atoms with E-state index in [-0.39, 0.29) is 32.8 Å². The molecule has 0 heterocycles. The predicted octanol–water partition coefficient (Wildman–Crippen LogP) is 3.29. The van der Waals surface area contributed by atoms with E-state index >= 15 is 0 Å². The Balaban J connectivity index is 3.33. The van der Waals surface area contributed by atoms with Crippen molar-refractivity contribution in [1.29, 1.82) is 5.26 Å². The Kier molecular flexibility index (Phi) is 3.77. The van der Waals surface area contributed by atoms with Crippen molar-refractivity contribution < 1.29 is 4.79 Å². The number of ketones is 1.